The number of thioether (sulfide) groups is 1. The molecule has 0 saturated heterocycles. The molecule has 0 aromatic heterocycles. The average molecular weight is 360 g/mol. The first-order valence-electron chi connectivity index (χ1n) is 6.62. The summed E-state index contributed by atoms with van der Waals surface area (Å²) in [5.41, 5.74) is 1.14. The zero-order chi connectivity index (χ0) is 13.3. The zero-order valence-electron chi connectivity index (χ0n) is 10.6. The summed E-state index contributed by atoms with van der Waals surface area (Å²) in [6, 6.07) is 5.88. The van der Waals surface area contributed by atoms with Gasteiger partial charge in [0.15, 0.2) is 5.17 Å². The Morgan fingerprint density at radius 1 is 1.26 bits per heavy atom. The van der Waals surface area contributed by atoms with Crippen LogP contribution in [0.3, 0.4) is 0 Å². The third kappa shape index (κ3) is 3.11. The molecule has 1 aliphatic heterocycles. The molecule has 0 radical (unpaired) electrons. The second kappa shape index (κ2) is 5.66. The molecule has 19 heavy (non-hydrogen) atoms. The quantitative estimate of drug-likeness (QED) is 0.734. The Morgan fingerprint density at radius 2 is 2.05 bits per heavy atom. The van der Waals surface area contributed by atoms with Crippen LogP contribution in [0.25, 0.3) is 0 Å². The van der Waals surface area contributed by atoms with Crippen LogP contribution in [0.2, 0.25) is 5.02 Å². The van der Waals surface area contributed by atoms with Gasteiger partial charge in [-0.2, -0.15) is 0 Å². The van der Waals surface area contributed by atoms with E-state index in [2.05, 4.69) is 21.2 Å². The number of rotatable bonds is 1. The standard InChI is InChI=1S/C14H16BrClN2S/c15-10-4-5-12(11(16)8-10)17-13-18-14(9-19-13)6-2-1-3-7-14/h4-5,8H,1-3,6-7,9H2,(H,17,18). The van der Waals surface area contributed by atoms with E-state index in [1.165, 1.54) is 32.1 Å². The van der Waals surface area contributed by atoms with Gasteiger partial charge in [-0.3, -0.25) is 4.99 Å². The molecule has 0 atom stereocenters. The van der Waals surface area contributed by atoms with Gasteiger partial charge < -0.3 is 5.32 Å². The maximum atomic E-state index is 6.23. The predicted molar refractivity (Wildman–Crippen MR) is 88.5 cm³/mol. The lowest BCUT2D eigenvalue weighted by atomic mass is 9.84. The van der Waals surface area contributed by atoms with Gasteiger partial charge in [-0.15, -0.1) is 0 Å². The van der Waals surface area contributed by atoms with E-state index < -0.39 is 0 Å². The van der Waals surface area contributed by atoms with Crippen molar-refractivity contribution in [2.24, 2.45) is 4.99 Å². The first-order chi connectivity index (χ1) is 9.17. The summed E-state index contributed by atoms with van der Waals surface area (Å²) in [5.74, 6) is 1.11. The van der Waals surface area contributed by atoms with Crippen LogP contribution in [0.1, 0.15) is 32.1 Å². The first kappa shape index (κ1) is 13.8. The molecule has 1 fully saturated rings. The molecule has 3 rings (SSSR count). The fraction of sp³-hybridized carbons (Fsp3) is 0.500. The van der Waals surface area contributed by atoms with E-state index in [0.29, 0.717) is 0 Å². The van der Waals surface area contributed by atoms with E-state index in [0.717, 1.165) is 26.1 Å². The number of amidine groups is 1. The number of nitrogens with zero attached hydrogens (tertiary/aromatic N) is 1. The van der Waals surface area contributed by atoms with E-state index in [-0.39, 0.29) is 5.54 Å². The molecule has 1 saturated carbocycles. The van der Waals surface area contributed by atoms with Crippen LogP contribution >= 0.6 is 39.3 Å². The molecule has 0 amide bonds. The molecule has 0 unspecified atom stereocenters. The molecule has 1 heterocycles. The summed E-state index contributed by atoms with van der Waals surface area (Å²) in [6.07, 6.45) is 6.47. The lowest BCUT2D eigenvalue weighted by Crippen LogP contribution is -2.29. The van der Waals surface area contributed by atoms with Crippen molar-refractivity contribution in [3.63, 3.8) is 0 Å². The van der Waals surface area contributed by atoms with Gasteiger partial charge in [0, 0.05) is 10.2 Å². The third-order valence-corrected chi connectivity index (χ3v) is 5.73. The lowest BCUT2D eigenvalue weighted by molar-refractivity contribution is 0.335. The van der Waals surface area contributed by atoms with Gasteiger partial charge in [-0.05, 0) is 31.0 Å². The molecule has 1 aromatic rings. The summed E-state index contributed by atoms with van der Waals surface area (Å²) >= 11 is 11.5. The Labute approximate surface area is 131 Å². The SMILES string of the molecule is Clc1cc(Br)ccc1NC1=NC2(CCCCC2)CS1. The lowest BCUT2D eigenvalue weighted by Gasteiger charge is -2.29. The van der Waals surface area contributed by atoms with E-state index in [1.54, 1.807) is 0 Å². The van der Waals surface area contributed by atoms with Crippen LogP contribution in [0.5, 0.6) is 0 Å². The molecular formula is C14H16BrClN2S. The van der Waals surface area contributed by atoms with Crippen LogP contribution in [-0.4, -0.2) is 16.5 Å². The Kier molecular flexibility index (Phi) is 4.11. The number of nitrogens with one attached hydrogen (secondary N) is 1. The highest BCUT2D eigenvalue weighted by Crippen LogP contribution is 2.40. The van der Waals surface area contributed by atoms with E-state index in [4.69, 9.17) is 16.6 Å². The van der Waals surface area contributed by atoms with Crippen molar-refractivity contribution < 1.29 is 0 Å². The molecule has 2 nitrogen and oxygen atoms in total. The van der Waals surface area contributed by atoms with Gasteiger partial charge >= 0.3 is 0 Å². The molecular weight excluding hydrogens is 344 g/mol. The summed E-state index contributed by atoms with van der Waals surface area (Å²) in [4.78, 5) is 4.94. The van der Waals surface area contributed by atoms with Gasteiger partial charge in [-0.1, -0.05) is 58.6 Å². The topological polar surface area (TPSA) is 24.4 Å². The highest BCUT2D eigenvalue weighted by Gasteiger charge is 2.36. The zero-order valence-corrected chi connectivity index (χ0v) is 13.7. The van der Waals surface area contributed by atoms with Crippen molar-refractivity contribution in [2.45, 2.75) is 37.6 Å². The number of anilines is 1. The van der Waals surface area contributed by atoms with Crippen molar-refractivity contribution in [1.82, 2.24) is 0 Å². The average Bonchev–Trinajstić information content (AvgIpc) is 2.77. The maximum Gasteiger partial charge on any atom is 0.161 e. The van der Waals surface area contributed by atoms with Crippen LogP contribution in [0.15, 0.2) is 27.7 Å². The van der Waals surface area contributed by atoms with Crippen molar-refractivity contribution in [1.29, 1.82) is 0 Å². The number of benzene rings is 1. The van der Waals surface area contributed by atoms with E-state index in [1.807, 2.05) is 30.0 Å². The van der Waals surface area contributed by atoms with Gasteiger partial charge in [0.2, 0.25) is 0 Å². The molecule has 1 N–H and O–H groups in total. The van der Waals surface area contributed by atoms with Gasteiger partial charge in [-0.25, -0.2) is 0 Å². The number of aliphatic imine (C=N–C) groups is 1. The van der Waals surface area contributed by atoms with Crippen LogP contribution in [-0.2, 0) is 0 Å². The summed E-state index contributed by atoms with van der Waals surface area (Å²) < 4.78 is 0.993. The molecule has 102 valence electrons. The number of halogens is 2. The van der Waals surface area contributed by atoms with Crippen molar-refractivity contribution >= 4 is 50.1 Å². The first-order valence-corrected chi connectivity index (χ1v) is 8.77. The summed E-state index contributed by atoms with van der Waals surface area (Å²) in [7, 11) is 0. The Bertz CT molecular complexity index is 512. The largest absolute Gasteiger partial charge is 0.334 e. The summed E-state index contributed by atoms with van der Waals surface area (Å²) in [5, 5.41) is 5.11. The Balaban J connectivity index is 1.75. The fourth-order valence-electron chi connectivity index (χ4n) is 2.72. The van der Waals surface area contributed by atoms with Gasteiger partial charge in [0.05, 0.1) is 16.2 Å². The second-order valence-corrected chi connectivity index (χ2v) is 7.53. The minimum atomic E-state index is 0.201. The molecule has 2 aliphatic rings. The van der Waals surface area contributed by atoms with Gasteiger partial charge in [0.25, 0.3) is 0 Å². The van der Waals surface area contributed by atoms with Gasteiger partial charge in [0.1, 0.15) is 0 Å². The third-order valence-electron chi connectivity index (χ3n) is 3.77. The van der Waals surface area contributed by atoms with Crippen LogP contribution in [0.4, 0.5) is 5.69 Å². The maximum absolute atomic E-state index is 6.23. The molecule has 1 spiro atoms. The Hall–Kier alpha value is -0.190. The molecule has 1 aromatic carbocycles. The normalized spacial score (nSPS) is 21.5. The van der Waals surface area contributed by atoms with Crippen LogP contribution in [0, 0.1) is 0 Å². The molecule has 5 heteroatoms. The van der Waals surface area contributed by atoms with Crippen molar-refractivity contribution in [2.75, 3.05) is 11.1 Å². The summed E-state index contributed by atoms with van der Waals surface area (Å²) in [6.45, 7) is 0. The van der Waals surface area contributed by atoms with E-state index in [9.17, 15) is 0 Å². The van der Waals surface area contributed by atoms with Crippen LogP contribution < -0.4 is 5.32 Å². The number of hydrogen-bond donors (Lipinski definition) is 1. The number of hydrogen-bond acceptors (Lipinski definition) is 3. The Morgan fingerprint density at radius 3 is 2.79 bits per heavy atom. The van der Waals surface area contributed by atoms with Crippen molar-refractivity contribution in [3.05, 3.63) is 27.7 Å². The minimum Gasteiger partial charge on any atom is -0.334 e. The van der Waals surface area contributed by atoms with Crippen molar-refractivity contribution in [3.8, 4) is 0 Å². The fourth-order valence-corrected chi connectivity index (χ4v) is 4.64. The predicted octanol–water partition coefficient (Wildman–Crippen LogP) is 5.32. The monoisotopic (exact) mass is 358 g/mol. The molecule has 0 bridgehead atoms. The minimum absolute atomic E-state index is 0.201. The second-order valence-electron chi connectivity index (χ2n) is 5.24. The highest BCUT2D eigenvalue weighted by atomic mass is 79.9. The van der Waals surface area contributed by atoms with E-state index >= 15 is 0 Å². The molecule has 1 aliphatic carbocycles. The smallest absolute Gasteiger partial charge is 0.161 e. The highest BCUT2D eigenvalue weighted by molar-refractivity contribution is 9.10.